The molecule has 3 rings (SSSR count). The lowest BCUT2D eigenvalue weighted by Crippen LogP contribution is -2.24. The van der Waals surface area contributed by atoms with Gasteiger partial charge in [-0.25, -0.2) is 10.2 Å². The molecule has 0 aromatic heterocycles. The van der Waals surface area contributed by atoms with Crippen LogP contribution in [0.15, 0.2) is 77.9 Å². The molecule has 27 heavy (non-hydrogen) atoms. The van der Waals surface area contributed by atoms with Gasteiger partial charge in [-0.2, -0.15) is 5.10 Å². The Labute approximate surface area is 159 Å². The summed E-state index contributed by atoms with van der Waals surface area (Å²) in [6.45, 7) is 4.17. The zero-order valence-corrected chi connectivity index (χ0v) is 15.4. The molecule has 0 radical (unpaired) electrons. The van der Waals surface area contributed by atoms with E-state index >= 15 is 0 Å². The van der Waals surface area contributed by atoms with Crippen LogP contribution < -0.4 is 16.1 Å². The van der Waals surface area contributed by atoms with Crippen LogP contribution in [0, 0.1) is 13.8 Å². The molecule has 0 aliphatic carbocycles. The molecule has 0 saturated heterocycles. The molecule has 0 spiro atoms. The van der Waals surface area contributed by atoms with Crippen molar-refractivity contribution >= 4 is 29.3 Å². The maximum Gasteiger partial charge on any atom is 0.332 e. The van der Waals surface area contributed by atoms with Gasteiger partial charge in [0.05, 0.1) is 6.21 Å². The van der Waals surface area contributed by atoms with Gasteiger partial charge >= 0.3 is 6.03 Å². The molecule has 0 fully saturated rings. The first-order chi connectivity index (χ1) is 13.0. The number of hydrogen-bond acceptors (Lipinski definition) is 3. The van der Waals surface area contributed by atoms with Gasteiger partial charge in [-0.1, -0.05) is 36.4 Å². The third kappa shape index (κ3) is 4.73. The Morgan fingerprint density at radius 2 is 1.44 bits per heavy atom. The predicted octanol–water partition coefficient (Wildman–Crippen LogP) is 4.78. The number of hydrazone groups is 1. The standard InChI is InChI=1S/C22H22N4O/c1-16-5-3-7-20(13-16)26(21-8-4-6-17(2)14-21)19-11-9-18(10-12-19)15-24-25-22(23)27/h3-15H,1-2H3,(H3,23,25,27). The van der Waals surface area contributed by atoms with Gasteiger partial charge in [0.15, 0.2) is 0 Å². The second-order valence-corrected chi connectivity index (χ2v) is 6.34. The number of nitrogens with one attached hydrogen (secondary N) is 1. The van der Waals surface area contributed by atoms with E-state index in [0.717, 1.165) is 22.6 Å². The highest BCUT2D eigenvalue weighted by atomic mass is 16.2. The normalized spacial score (nSPS) is 10.7. The van der Waals surface area contributed by atoms with E-state index in [1.165, 1.54) is 11.1 Å². The van der Waals surface area contributed by atoms with Crippen LogP contribution in [0.25, 0.3) is 0 Å². The van der Waals surface area contributed by atoms with E-state index in [9.17, 15) is 4.79 Å². The molecule has 0 unspecified atom stereocenters. The Hall–Kier alpha value is -3.60. The Bertz CT molecular complexity index is 919. The molecule has 5 heteroatoms. The molecular weight excluding hydrogens is 336 g/mol. The van der Waals surface area contributed by atoms with Crippen molar-refractivity contribution < 1.29 is 4.79 Å². The summed E-state index contributed by atoms with van der Waals surface area (Å²) in [4.78, 5) is 12.9. The lowest BCUT2D eigenvalue weighted by Gasteiger charge is -2.26. The van der Waals surface area contributed by atoms with Crippen molar-refractivity contribution in [2.75, 3.05) is 4.90 Å². The SMILES string of the molecule is Cc1cccc(N(c2ccc(C=NNC(N)=O)cc2)c2cccc(C)c2)c1. The van der Waals surface area contributed by atoms with Gasteiger partial charge in [-0.15, -0.1) is 0 Å². The highest BCUT2D eigenvalue weighted by Gasteiger charge is 2.12. The lowest BCUT2D eigenvalue weighted by molar-refractivity contribution is 0.249. The monoisotopic (exact) mass is 358 g/mol. The Morgan fingerprint density at radius 1 is 0.889 bits per heavy atom. The maximum atomic E-state index is 10.7. The fourth-order valence-electron chi connectivity index (χ4n) is 2.86. The van der Waals surface area contributed by atoms with Crippen LogP contribution in [0.3, 0.4) is 0 Å². The first-order valence-corrected chi connectivity index (χ1v) is 8.65. The van der Waals surface area contributed by atoms with Crippen LogP contribution in [0.1, 0.15) is 16.7 Å². The number of urea groups is 1. The second-order valence-electron chi connectivity index (χ2n) is 6.34. The molecule has 2 amide bonds. The molecule has 3 N–H and O–H groups in total. The van der Waals surface area contributed by atoms with E-state index in [1.54, 1.807) is 6.21 Å². The van der Waals surface area contributed by atoms with Gasteiger partial charge in [-0.05, 0) is 66.9 Å². The summed E-state index contributed by atoms with van der Waals surface area (Å²) < 4.78 is 0. The van der Waals surface area contributed by atoms with Gasteiger partial charge in [0.2, 0.25) is 0 Å². The van der Waals surface area contributed by atoms with Gasteiger partial charge < -0.3 is 10.6 Å². The second kappa shape index (κ2) is 8.19. The van der Waals surface area contributed by atoms with Crippen molar-refractivity contribution in [3.8, 4) is 0 Å². The van der Waals surface area contributed by atoms with Crippen molar-refractivity contribution in [2.45, 2.75) is 13.8 Å². The molecule has 0 aliphatic heterocycles. The largest absolute Gasteiger partial charge is 0.350 e. The van der Waals surface area contributed by atoms with Gasteiger partial charge in [0.1, 0.15) is 0 Å². The summed E-state index contributed by atoms with van der Waals surface area (Å²) in [6.07, 6.45) is 1.55. The molecule has 0 atom stereocenters. The summed E-state index contributed by atoms with van der Waals surface area (Å²) in [5, 5.41) is 3.79. The molecule has 3 aromatic carbocycles. The molecule has 136 valence electrons. The number of aryl methyl sites for hydroxylation is 2. The Kier molecular flexibility index (Phi) is 5.52. The topological polar surface area (TPSA) is 70.7 Å². The first kappa shape index (κ1) is 18.2. The van der Waals surface area contributed by atoms with Crippen molar-refractivity contribution in [1.82, 2.24) is 5.43 Å². The third-order valence-electron chi connectivity index (χ3n) is 4.06. The average molecular weight is 358 g/mol. The summed E-state index contributed by atoms with van der Waals surface area (Å²) in [7, 11) is 0. The molecule has 0 bridgehead atoms. The first-order valence-electron chi connectivity index (χ1n) is 8.65. The molecule has 0 heterocycles. The number of anilines is 3. The lowest BCUT2D eigenvalue weighted by atomic mass is 10.1. The summed E-state index contributed by atoms with van der Waals surface area (Å²) >= 11 is 0. The zero-order valence-electron chi connectivity index (χ0n) is 15.4. The van der Waals surface area contributed by atoms with E-state index in [1.807, 2.05) is 24.3 Å². The van der Waals surface area contributed by atoms with Crippen LogP contribution in [-0.2, 0) is 0 Å². The summed E-state index contributed by atoms with van der Waals surface area (Å²) in [6, 6.07) is 24.1. The molecular formula is C22H22N4O. The highest BCUT2D eigenvalue weighted by molar-refractivity contribution is 5.83. The molecule has 5 nitrogen and oxygen atoms in total. The number of primary amides is 1. The Balaban J connectivity index is 1.98. The van der Waals surface area contributed by atoms with E-state index in [-0.39, 0.29) is 0 Å². The van der Waals surface area contributed by atoms with Crippen molar-refractivity contribution in [3.05, 3.63) is 89.5 Å². The number of amides is 2. The van der Waals surface area contributed by atoms with Crippen LogP contribution >= 0.6 is 0 Å². The van der Waals surface area contributed by atoms with E-state index < -0.39 is 6.03 Å². The van der Waals surface area contributed by atoms with Crippen molar-refractivity contribution in [3.63, 3.8) is 0 Å². The summed E-state index contributed by atoms with van der Waals surface area (Å²) in [5.74, 6) is 0. The average Bonchev–Trinajstić information content (AvgIpc) is 2.63. The maximum absolute atomic E-state index is 10.7. The van der Waals surface area contributed by atoms with E-state index in [4.69, 9.17) is 5.73 Å². The smallest absolute Gasteiger partial charge is 0.332 e. The number of hydrogen-bond donors (Lipinski definition) is 2. The number of nitrogens with zero attached hydrogens (tertiary/aromatic N) is 2. The van der Waals surface area contributed by atoms with Gasteiger partial charge in [0.25, 0.3) is 0 Å². The summed E-state index contributed by atoms with van der Waals surface area (Å²) in [5.41, 5.74) is 13.7. The number of nitrogens with two attached hydrogens (primary N) is 1. The number of carbonyl (C=O) groups is 1. The zero-order chi connectivity index (χ0) is 19.2. The highest BCUT2D eigenvalue weighted by Crippen LogP contribution is 2.35. The van der Waals surface area contributed by atoms with Crippen molar-refractivity contribution in [2.24, 2.45) is 10.8 Å². The number of rotatable bonds is 5. The van der Waals surface area contributed by atoms with Crippen LogP contribution in [-0.4, -0.2) is 12.2 Å². The van der Waals surface area contributed by atoms with Crippen LogP contribution in [0.5, 0.6) is 0 Å². The molecule has 0 aliphatic rings. The number of benzene rings is 3. The minimum absolute atomic E-state index is 0.687. The number of carbonyl (C=O) groups excluding carboxylic acids is 1. The fraction of sp³-hybridized carbons (Fsp3) is 0.0909. The van der Waals surface area contributed by atoms with Gasteiger partial charge in [-0.3, -0.25) is 0 Å². The minimum atomic E-state index is -0.687. The van der Waals surface area contributed by atoms with Crippen LogP contribution in [0.4, 0.5) is 21.9 Å². The minimum Gasteiger partial charge on any atom is -0.350 e. The third-order valence-corrected chi connectivity index (χ3v) is 4.06. The van der Waals surface area contributed by atoms with Crippen LogP contribution in [0.2, 0.25) is 0 Å². The van der Waals surface area contributed by atoms with Crippen molar-refractivity contribution in [1.29, 1.82) is 0 Å². The molecule has 3 aromatic rings. The predicted molar refractivity (Wildman–Crippen MR) is 111 cm³/mol. The quantitative estimate of drug-likeness (QED) is 0.509. The molecule has 0 saturated carbocycles. The Morgan fingerprint density at radius 3 is 1.93 bits per heavy atom. The van der Waals surface area contributed by atoms with E-state index in [2.05, 4.69) is 77.8 Å². The van der Waals surface area contributed by atoms with Gasteiger partial charge in [0, 0.05) is 17.1 Å². The van der Waals surface area contributed by atoms with E-state index in [0.29, 0.717) is 0 Å². The fourth-order valence-corrected chi connectivity index (χ4v) is 2.86.